The van der Waals surface area contributed by atoms with Crippen LogP contribution in [0.25, 0.3) is 0 Å². The van der Waals surface area contributed by atoms with Crippen molar-refractivity contribution < 1.29 is 9.53 Å². The molecule has 0 aromatic carbocycles. The van der Waals surface area contributed by atoms with Gasteiger partial charge in [-0.25, -0.2) is 0 Å². The molecule has 0 saturated heterocycles. The van der Waals surface area contributed by atoms with Gasteiger partial charge in [0.2, 0.25) is 0 Å². The Morgan fingerprint density at radius 2 is 2.00 bits per heavy atom. The van der Waals surface area contributed by atoms with Crippen LogP contribution < -0.4 is 0 Å². The van der Waals surface area contributed by atoms with E-state index < -0.39 is 0 Å². The van der Waals surface area contributed by atoms with Gasteiger partial charge in [0, 0.05) is 5.33 Å². The highest BCUT2D eigenvalue weighted by molar-refractivity contribution is 9.09. The van der Waals surface area contributed by atoms with Crippen LogP contribution in [-0.4, -0.2) is 36.4 Å². The Bertz CT molecular complexity index is 126. The lowest BCUT2D eigenvalue weighted by molar-refractivity contribution is -0.139. The first-order valence-electron chi connectivity index (χ1n) is 4.18. The molecule has 0 heterocycles. The molecule has 0 saturated carbocycles. The summed E-state index contributed by atoms with van der Waals surface area (Å²) in [6.45, 7) is 4.76. The summed E-state index contributed by atoms with van der Waals surface area (Å²) >= 11 is 3.21. The summed E-state index contributed by atoms with van der Waals surface area (Å²) in [5.41, 5.74) is 0. The Morgan fingerprint density at radius 3 is 2.42 bits per heavy atom. The van der Waals surface area contributed by atoms with Gasteiger partial charge in [-0.15, -0.1) is 0 Å². The van der Waals surface area contributed by atoms with Crippen molar-refractivity contribution >= 4 is 29.8 Å². The van der Waals surface area contributed by atoms with Crippen molar-refractivity contribution in [1.82, 2.24) is 0 Å². The van der Waals surface area contributed by atoms with Crippen molar-refractivity contribution in [3.05, 3.63) is 0 Å². The molecule has 0 aliphatic rings. The fraction of sp³-hybridized carbons (Fsp3) is 0.875. The molecule has 0 fully saturated rings. The van der Waals surface area contributed by atoms with Gasteiger partial charge in [-0.1, -0.05) is 37.7 Å². The molecular formula is C8H16BrO2P. The first-order chi connectivity index (χ1) is 5.74. The van der Waals surface area contributed by atoms with Gasteiger partial charge in [0.25, 0.3) is 0 Å². The van der Waals surface area contributed by atoms with Crippen LogP contribution in [0.5, 0.6) is 0 Å². The predicted molar refractivity (Wildman–Crippen MR) is 57.6 cm³/mol. The second kappa shape index (κ2) is 8.00. The zero-order valence-corrected chi connectivity index (χ0v) is 10.2. The second-order valence-electron chi connectivity index (χ2n) is 2.37. The van der Waals surface area contributed by atoms with Crippen molar-refractivity contribution in [1.29, 1.82) is 0 Å². The summed E-state index contributed by atoms with van der Waals surface area (Å²) in [5, 5.41) is 0.731. The Balaban J connectivity index is 3.52. The minimum Gasteiger partial charge on any atom is -0.465 e. The number of carbonyl (C=O) groups is 1. The molecule has 0 rings (SSSR count). The van der Waals surface area contributed by atoms with E-state index in [0.29, 0.717) is 12.8 Å². The van der Waals surface area contributed by atoms with Crippen LogP contribution in [0, 0.1) is 0 Å². The van der Waals surface area contributed by atoms with E-state index in [4.69, 9.17) is 4.74 Å². The maximum atomic E-state index is 11.1. The van der Waals surface area contributed by atoms with Gasteiger partial charge in [-0.2, -0.15) is 0 Å². The fourth-order valence-electron chi connectivity index (χ4n) is 0.828. The minimum atomic E-state index is -0.102. The smallest absolute Gasteiger partial charge is 0.310 e. The molecule has 0 amide bonds. The molecule has 0 aliphatic carbocycles. The van der Waals surface area contributed by atoms with E-state index in [9.17, 15) is 4.79 Å². The number of rotatable bonds is 6. The van der Waals surface area contributed by atoms with Crippen LogP contribution >= 0.6 is 23.9 Å². The van der Waals surface area contributed by atoms with Gasteiger partial charge in [0.15, 0.2) is 0 Å². The molecule has 12 heavy (non-hydrogen) atoms. The third-order valence-corrected chi connectivity index (χ3v) is 4.41. The lowest BCUT2D eigenvalue weighted by Gasteiger charge is -2.11. The summed E-state index contributed by atoms with van der Waals surface area (Å²) in [5.74, 6) is -0.0377. The van der Waals surface area contributed by atoms with Crippen molar-refractivity contribution in [3.8, 4) is 0 Å². The third kappa shape index (κ3) is 5.96. The quantitative estimate of drug-likeness (QED) is 0.414. The molecule has 0 spiro atoms. The number of alkyl halides is 1. The van der Waals surface area contributed by atoms with Gasteiger partial charge in [-0.3, -0.25) is 4.79 Å². The highest BCUT2D eigenvalue weighted by Crippen LogP contribution is 2.33. The Morgan fingerprint density at radius 1 is 1.42 bits per heavy atom. The van der Waals surface area contributed by atoms with Crippen LogP contribution in [0.1, 0.15) is 13.8 Å². The topological polar surface area (TPSA) is 26.3 Å². The van der Waals surface area contributed by atoms with Crippen molar-refractivity contribution in [2.75, 3.05) is 30.4 Å². The number of hydrogen-bond donors (Lipinski definition) is 0. The monoisotopic (exact) mass is 254 g/mol. The Hall–Kier alpha value is 0.380. The number of ether oxygens (including phenoxy) is 1. The fourth-order valence-corrected chi connectivity index (χ4v) is 2.34. The van der Waals surface area contributed by atoms with E-state index in [2.05, 4.69) is 29.8 Å². The number of hydrogen-bond acceptors (Lipinski definition) is 2. The summed E-state index contributed by atoms with van der Waals surface area (Å²) in [7, 11) is -0.102. The normalized spacial score (nSPS) is 10.3. The summed E-state index contributed by atoms with van der Waals surface area (Å²) < 4.78 is 4.96. The molecule has 2 nitrogen and oxygen atoms in total. The van der Waals surface area contributed by atoms with Gasteiger partial charge < -0.3 is 4.74 Å². The van der Waals surface area contributed by atoms with E-state index >= 15 is 0 Å². The van der Waals surface area contributed by atoms with Crippen LogP contribution in [0.15, 0.2) is 0 Å². The molecule has 0 bridgehead atoms. The number of carbonyl (C=O) groups excluding carboxylic acids is 1. The van der Waals surface area contributed by atoms with Gasteiger partial charge in [-0.05, 0) is 12.3 Å². The highest BCUT2D eigenvalue weighted by Gasteiger charge is 2.09. The van der Waals surface area contributed by atoms with E-state index in [1.54, 1.807) is 0 Å². The van der Waals surface area contributed by atoms with E-state index in [1.165, 1.54) is 0 Å². The Kier molecular flexibility index (Phi) is 8.25. The zero-order chi connectivity index (χ0) is 9.40. The molecule has 0 radical (unpaired) electrons. The van der Waals surface area contributed by atoms with Crippen molar-refractivity contribution in [2.45, 2.75) is 13.8 Å². The number of halogens is 1. The zero-order valence-electron chi connectivity index (χ0n) is 7.68. The maximum Gasteiger partial charge on any atom is 0.310 e. The van der Waals surface area contributed by atoms with Crippen molar-refractivity contribution in [3.63, 3.8) is 0 Å². The van der Waals surface area contributed by atoms with Gasteiger partial charge in [0.05, 0.1) is 6.16 Å². The summed E-state index contributed by atoms with van der Waals surface area (Å²) in [6.07, 6.45) is 2.87. The Labute approximate surface area is 83.9 Å². The second-order valence-corrected chi connectivity index (χ2v) is 6.09. The molecule has 0 unspecified atom stereocenters. The van der Waals surface area contributed by atoms with E-state index in [-0.39, 0.29) is 13.9 Å². The molecule has 0 aromatic rings. The largest absolute Gasteiger partial charge is 0.465 e. The lowest BCUT2D eigenvalue weighted by atomic mass is 10.8. The molecular weight excluding hydrogens is 239 g/mol. The lowest BCUT2D eigenvalue weighted by Crippen LogP contribution is -2.11. The predicted octanol–water partition coefficient (Wildman–Crippen LogP) is 2.45. The van der Waals surface area contributed by atoms with Gasteiger partial charge >= 0.3 is 5.97 Å². The van der Waals surface area contributed by atoms with Crippen LogP contribution in [0.3, 0.4) is 0 Å². The SMILES string of the molecule is CCP(CC)CC(=O)OCCBr. The first kappa shape index (κ1) is 12.4. The third-order valence-electron chi connectivity index (χ3n) is 1.59. The van der Waals surface area contributed by atoms with E-state index in [1.807, 2.05) is 0 Å². The van der Waals surface area contributed by atoms with Crippen molar-refractivity contribution in [2.24, 2.45) is 0 Å². The maximum absolute atomic E-state index is 11.1. The average molecular weight is 255 g/mol. The molecule has 0 N–H and O–H groups in total. The molecule has 0 atom stereocenters. The first-order valence-corrected chi connectivity index (χ1v) is 7.20. The number of esters is 1. The highest BCUT2D eigenvalue weighted by atomic mass is 79.9. The molecule has 0 aliphatic heterocycles. The van der Waals surface area contributed by atoms with Crippen LogP contribution in [0.4, 0.5) is 0 Å². The van der Waals surface area contributed by atoms with E-state index in [0.717, 1.165) is 17.7 Å². The molecule has 4 heteroatoms. The standard InChI is InChI=1S/C8H16BrO2P/c1-3-12(4-2)7-8(10)11-6-5-9/h3-7H2,1-2H3. The van der Waals surface area contributed by atoms with Gasteiger partial charge in [0.1, 0.15) is 6.61 Å². The molecule has 72 valence electrons. The summed E-state index contributed by atoms with van der Waals surface area (Å²) in [6, 6.07) is 0. The van der Waals surface area contributed by atoms with Crippen LogP contribution in [0.2, 0.25) is 0 Å². The van der Waals surface area contributed by atoms with Crippen LogP contribution in [-0.2, 0) is 9.53 Å². The minimum absolute atomic E-state index is 0.0377. The summed E-state index contributed by atoms with van der Waals surface area (Å²) in [4.78, 5) is 11.1. The molecule has 0 aromatic heterocycles. The average Bonchev–Trinajstić information content (AvgIpc) is 2.10.